The number of benzene rings is 1. The molecule has 0 aliphatic carbocycles. The quantitative estimate of drug-likeness (QED) is 0.330. The van der Waals surface area contributed by atoms with Crippen LogP contribution >= 0.6 is 23.1 Å². The Bertz CT molecular complexity index is 1010. The number of nitrogens with zero attached hydrogens (tertiary/aromatic N) is 3. The van der Waals surface area contributed by atoms with Crippen LogP contribution in [0.1, 0.15) is 31.4 Å². The highest BCUT2D eigenvalue weighted by Crippen LogP contribution is 2.36. The van der Waals surface area contributed by atoms with Crippen LogP contribution in [0.25, 0.3) is 10.3 Å². The highest BCUT2D eigenvalue weighted by molar-refractivity contribution is 7.98. The molecule has 0 aliphatic heterocycles. The molecular weight excluding hydrogens is 435 g/mol. The van der Waals surface area contributed by atoms with Crippen molar-refractivity contribution in [1.82, 2.24) is 15.0 Å². The van der Waals surface area contributed by atoms with E-state index in [0.29, 0.717) is 27.2 Å². The summed E-state index contributed by atoms with van der Waals surface area (Å²) in [6, 6.07) is 5.21. The number of alkyl halides is 3. The van der Waals surface area contributed by atoms with Gasteiger partial charge in [0.1, 0.15) is 4.70 Å². The Labute approximate surface area is 180 Å². The second kappa shape index (κ2) is 9.36. The van der Waals surface area contributed by atoms with Crippen LogP contribution in [0.2, 0.25) is 0 Å². The first-order chi connectivity index (χ1) is 14.2. The van der Waals surface area contributed by atoms with E-state index in [-0.39, 0.29) is 29.1 Å². The molecule has 0 bridgehead atoms. The van der Waals surface area contributed by atoms with Gasteiger partial charge in [-0.15, -0.1) is 0 Å². The van der Waals surface area contributed by atoms with Crippen molar-refractivity contribution in [2.45, 2.75) is 43.4 Å². The molecule has 2 aromatic heterocycles. The molecule has 4 N–H and O–H groups in total. The number of hydrogen-bond donors (Lipinski definition) is 3. The number of halogens is 3. The van der Waals surface area contributed by atoms with E-state index in [4.69, 9.17) is 5.73 Å². The van der Waals surface area contributed by atoms with Crippen LogP contribution in [0, 0.1) is 5.92 Å². The Kier molecular flexibility index (Phi) is 7.04. The summed E-state index contributed by atoms with van der Waals surface area (Å²) in [7, 11) is 0. The van der Waals surface area contributed by atoms with E-state index < -0.39 is 11.7 Å². The van der Waals surface area contributed by atoms with E-state index in [9.17, 15) is 18.3 Å². The number of aromatic nitrogens is 3. The van der Waals surface area contributed by atoms with E-state index in [1.165, 1.54) is 23.5 Å². The fourth-order valence-corrected chi connectivity index (χ4v) is 4.56. The average Bonchev–Trinajstić information content (AvgIpc) is 3.05. The first kappa shape index (κ1) is 22.6. The van der Waals surface area contributed by atoms with Gasteiger partial charge >= 0.3 is 6.18 Å². The first-order valence-corrected chi connectivity index (χ1v) is 11.1. The number of nitrogens with two attached hydrogens (primary N) is 1. The molecule has 0 fully saturated rings. The molecule has 11 heteroatoms. The Morgan fingerprint density at radius 1 is 1.20 bits per heavy atom. The van der Waals surface area contributed by atoms with Crippen molar-refractivity contribution < 1.29 is 18.3 Å². The van der Waals surface area contributed by atoms with Gasteiger partial charge in [0.15, 0.2) is 21.8 Å². The Morgan fingerprint density at radius 2 is 1.93 bits per heavy atom. The number of nitrogens with one attached hydrogen (secondary N) is 1. The summed E-state index contributed by atoms with van der Waals surface area (Å²) in [4.78, 5) is 13.0. The maximum absolute atomic E-state index is 13.2. The number of anilines is 2. The van der Waals surface area contributed by atoms with Gasteiger partial charge in [-0.05, 0) is 24.0 Å². The van der Waals surface area contributed by atoms with Crippen molar-refractivity contribution in [1.29, 1.82) is 0 Å². The molecule has 1 atom stereocenters. The minimum atomic E-state index is -4.43. The maximum atomic E-state index is 13.2. The predicted molar refractivity (Wildman–Crippen MR) is 115 cm³/mol. The third-order valence-electron chi connectivity index (χ3n) is 4.25. The predicted octanol–water partition coefficient (Wildman–Crippen LogP) is 4.80. The van der Waals surface area contributed by atoms with Crippen molar-refractivity contribution in [2.75, 3.05) is 17.7 Å². The lowest BCUT2D eigenvalue weighted by molar-refractivity contribution is -0.138. The van der Waals surface area contributed by atoms with E-state index >= 15 is 0 Å². The summed E-state index contributed by atoms with van der Waals surface area (Å²) >= 11 is 2.31. The summed E-state index contributed by atoms with van der Waals surface area (Å²) in [6.45, 7) is 4.01. The summed E-state index contributed by atoms with van der Waals surface area (Å²) in [5.41, 5.74) is 5.67. The summed E-state index contributed by atoms with van der Waals surface area (Å²) < 4.78 is 40.4. The van der Waals surface area contributed by atoms with Crippen LogP contribution in [0.4, 0.5) is 24.1 Å². The zero-order valence-electron chi connectivity index (χ0n) is 16.4. The second-order valence-electron chi connectivity index (χ2n) is 7.16. The van der Waals surface area contributed by atoms with Gasteiger partial charge in [0.2, 0.25) is 0 Å². The fraction of sp³-hybridized carbons (Fsp3) is 0.421. The molecule has 2 heterocycles. The summed E-state index contributed by atoms with van der Waals surface area (Å²) in [6.07, 6.45) is -3.71. The van der Waals surface area contributed by atoms with Crippen molar-refractivity contribution in [3.8, 4) is 0 Å². The van der Waals surface area contributed by atoms with Crippen LogP contribution < -0.4 is 11.1 Å². The molecule has 3 rings (SSSR count). The lowest BCUT2D eigenvalue weighted by atomic mass is 10.0. The Morgan fingerprint density at radius 3 is 2.60 bits per heavy atom. The van der Waals surface area contributed by atoms with E-state index in [1.54, 1.807) is 6.07 Å². The maximum Gasteiger partial charge on any atom is 0.416 e. The van der Waals surface area contributed by atoms with E-state index in [2.05, 4.69) is 20.3 Å². The second-order valence-corrected chi connectivity index (χ2v) is 9.13. The van der Waals surface area contributed by atoms with Gasteiger partial charge in [0.25, 0.3) is 0 Å². The molecule has 30 heavy (non-hydrogen) atoms. The summed E-state index contributed by atoms with van der Waals surface area (Å²) in [5, 5.41) is 13.5. The molecule has 6 nitrogen and oxygen atoms in total. The largest absolute Gasteiger partial charge is 0.416 e. The number of hydrogen-bond acceptors (Lipinski definition) is 8. The van der Waals surface area contributed by atoms with E-state index in [1.807, 2.05) is 13.8 Å². The summed E-state index contributed by atoms with van der Waals surface area (Å²) in [5.74, 6) is 0.877. The molecule has 0 aliphatic rings. The zero-order chi connectivity index (χ0) is 21.9. The van der Waals surface area contributed by atoms with Crippen LogP contribution in [0.15, 0.2) is 29.4 Å². The highest BCUT2D eigenvalue weighted by atomic mass is 32.2. The molecule has 0 amide bonds. The van der Waals surface area contributed by atoms with E-state index in [0.717, 1.165) is 24.2 Å². The van der Waals surface area contributed by atoms with Gasteiger partial charge in [-0.1, -0.05) is 55.1 Å². The SMILES string of the molecule is CC(C)C[C@H](CO)Nc1nc(SCc2ccccc2C(F)(F)F)nc2nc(N)sc12. The Hall–Kier alpha value is -2.11. The number of thiazole rings is 1. The molecule has 162 valence electrons. The topological polar surface area (TPSA) is 97.0 Å². The van der Waals surface area contributed by atoms with Gasteiger partial charge in [-0.3, -0.25) is 0 Å². The van der Waals surface area contributed by atoms with Gasteiger partial charge in [0.05, 0.1) is 18.2 Å². The molecule has 0 unspecified atom stereocenters. The van der Waals surface area contributed by atoms with Gasteiger partial charge < -0.3 is 16.2 Å². The normalized spacial score (nSPS) is 13.2. The lowest BCUT2D eigenvalue weighted by Gasteiger charge is -2.19. The van der Waals surface area contributed by atoms with Crippen molar-refractivity contribution in [2.24, 2.45) is 5.92 Å². The lowest BCUT2D eigenvalue weighted by Crippen LogP contribution is -2.26. The number of aliphatic hydroxyl groups excluding tert-OH is 1. The molecule has 1 aromatic carbocycles. The smallest absolute Gasteiger partial charge is 0.394 e. The van der Waals surface area contributed by atoms with Gasteiger partial charge in [-0.25, -0.2) is 15.0 Å². The van der Waals surface area contributed by atoms with Crippen molar-refractivity contribution >= 4 is 44.4 Å². The minimum Gasteiger partial charge on any atom is -0.394 e. The minimum absolute atomic E-state index is 0.0513. The van der Waals surface area contributed by atoms with Crippen LogP contribution in [-0.2, 0) is 11.9 Å². The standard InChI is InChI=1S/C19H22F3N5OS2/c1-10(2)7-12(8-28)24-15-14-16(25-17(23)30-14)27-18(26-15)29-9-11-5-3-4-6-13(11)19(20,21)22/h3-6,10,12,28H,7-9H2,1-2H3,(H3,23,24,25,26,27)/t12-/m1/s1. The molecular formula is C19H22F3N5OS2. The Balaban J connectivity index is 1.89. The first-order valence-electron chi connectivity index (χ1n) is 9.26. The van der Waals surface area contributed by atoms with Crippen LogP contribution in [-0.4, -0.2) is 32.7 Å². The van der Waals surface area contributed by atoms with Gasteiger partial charge in [-0.2, -0.15) is 13.2 Å². The third-order valence-corrected chi connectivity index (χ3v) is 6.02. The molecule has 0 saturated heterocycles. The number of aliphatic hydroxyl groups is 1. The molecule has 0 radical (unpaired) electrons. The zero-order valence-corrected chi connectivity index (χ0v) is 18.0. The highest BCUT2D eigenvalue weighted by Gasteiger charge is 2.32. The monoisotopic (exact) mass is 457 g/mol. The number of fused-ring (bicyclic) bond motifs is 1. The van der Waals surface area contributed by atoms with Crippen molar-refractivity contribution in [3.05, 3.63) is 35.4 Å². The molecule has 3 aromatic rings. The average molecular weight is 458 g/mol. The van der Waals surface area contributed by atoms with Crippen LogP contribution in [0.5, 0.6) is 0 Å². The number of nitrogen functional groups attached to an aromatic ring is 1. The van der Waals surface area contributed by atoms with Gasteiger partial charge in [0, 0.05) is 5.75 Å². The van der Waals surface area contributed by atoms with Crippen molar-refractivity contribution in [3.63, 3.8) is 0 Å². The fourth-order valence-electron chi connectivity index (χ4n) is 2.99. The molecule has 0 spiro atoms. The van der Waals surface area contributed by atoms with Crippen LogP contribution in [0.3, 0.4) is 0 Å². The third kappa shape index (κ3) is 5.52. The number of thioether (sulfide) groups is 1. The number of rotatable bonds is 8. The molecule has 0 saturated carbocycles.